The van der Waals surface area contributed by atoms with Crippen molar-refractivity contribution in [1.29, 1.82) is 0 Å². The predicted octanol–water partition coefficient (Wildman–Crippen LogP) is 3.08. The van der Waals surface area contributed by atoms with E-state index in [-0.39, 0.29) is 11.5 Å². The van der Waals surface area contributed by atoms with Gasteiger partial charge < -0.3 is 15.2 Å². The Morgan fingerprint density at radius 2 is 1.64 bits per heavy atom. The van der Waals surface area contributed by atoms with E-state index in [1.807, 2.05) is 12.1 Å². The first-order valence-electron chi connectivity index (χ1n) is 10.3. The third kappa shape index (κ3) is 4.44. The van der Waals surface area contributed by atoms with Gasteiger partial charge in [-0.1, -0.05) is 19.3 Å². The molecule has 1 aliphatic heterocycles. The smallest absolute Gasteiger partial charge is 0.257 e. The van der Waals surface area contributed by atoms with E-state index in [9.17, 15) is 9.59 Å². The molecule has 2 N–H and O–H groups in total. The quantitative estimate of drug-likeness (QED) is 0.855. The molecule has 0 bridgehead atoms. The van der Waals surface area contributed by atoms with Gasteiger partial charge in [0.15, 0.2) is 0 Å². The molecule has 1 aliphatic carbocycles. The van der Waals surface area contributed by atoms with E-state index >= 15 is 0 Å². The van der Waals surface area contributed by atoms with Gasteiger partial charge in [0.2, 0.25) is 5.56 Å². The summed E-state index contributed by atoms with van der Waals surface area (Å²) in [5.74, 6) is -0.231. The number of carbonyl (C=O) groups is 1. The summed E-state index contributed by atoms with van der Waals surface area (Å²) in [4.78, 5) is 31.0. The molecular weight excluding hydrogens is 352 g/mol. The molecule has 2 fully saturated rings. The average molecular weight is 380 g/mol. The number of carbonyl (C=O) groups excluding carboxylic acids is 1. The van der Waals surface area contributed by atoms with Crippen LogP contribution in [0.25, 0.3) is 0 Å². The molecule has 28 heavy (non-hydrogen) atoms. The van der Waals surface area contributed by atoms with E-state index in [1.54, 1.807) is 0 Å². The number of hydrogen-bond acceptors (Lipinski definition) is 4. The third-order valence-corrected chi connectivity index (χ3v) is 5.94. The zero-order valence-corrected chi connectivity index (χ0v) is 16.2. The van der Waals surface area contributed by atoms with Crippen molar-refractivity contribution in [1.82, 2.24) is 9.88 Å². The lowest BCUT2D eigenvalue weighted by Gasteiger charge is -2.41. The second-order valence-electron chi connectivity index (χ2n) is 7.76. The van der Waals surface area contributed by atoms with Gasteiger partial charge in [-0.2, -0.15) is 0 Å². The molecule has 0 unspecified atom stereocenters. The zero-order chi connectivity index (χ0) is 19.3. The van der Waals surface area contributed by atoms with Crippen LogP contribution < -0.4 is 15.8 Å². The number of rotatable bonds is 4. The van der Waals surface area contributed by atoms with Crippen molar-refractivity contribution in [2.45, 2.75) is 38.1 Å². The highest BCUT2D eigenvalue weighted by Crippen LogP contribution is 2.25. The normalized spacial score (nSPS) is 18.8. The third-order valence-electron chi connectivity index (χ3n) is 5.94. The van der Waals surface area contributed by atoms with Crippen LogP contribution in [0.4, 0.5) is 11.4 Å². The molecule has 1 saturated heterocycles. The number of aromatic amines is 1. The molecule has 0 spiro atoms. The second-order valence-corrected chi connectivity index (χ2v) is 7.76. The number of nitrogens with one attached hydrogen (secondary N) is 2. The molecule has 6 heteroatoms. The number of H-pyrrole nitrogens is 1. The maximum Gasteiger partial charge on any atom is 0.257 e. The minimum Gasteiger partial charge on any atom is -0.369 e. The highest BCUT2D eigenvalue weighted by molar-refractivity contribution is 6.04. The number of hydrogen-bond donors (Lipinski definition) is 2. The molecule has 2 aliphatic rings. The number of pyridine rings is 1. The van der Waals surface area contributed by atoms with Crippen LogP contribution in [0.15, 0.2) is 47.4 Å². The highest BCUT2D eigenvalue weighted by Gasteiger charge is 2.25. The van der Waals surface area contributed by atoms with Crippen molar-refractivity contribution in [2.24, 2.45) is 0 Å². The topological polar surface area (TPSA) is 68.4 Å². The van der Waals surface area contributed by atoms with Crippen molar-refractivity contribution < 1.29 is 4.79 Å². The van der Waals surface area contributed by atoms with Gasteiger partial charge in [-0.25, -0.2) is 0 Å². The van der Waals surface area contributed by atoms with Gasteiger partial charge in [0.25, 0.3) is 5.91 Å². The van der Waals surface area contributed by atoms with Gasteiger partial charge in [0, 0.05) is 55.9 Å². The molecule has 4 rings (SSSR count). The standard InChI is InChI=1S/C22H28N4O2/c27-21-11-6-17(16-23-21)22(28)24-18-7-9-20(10-8-18)26-14-12-25(13-15-26)19-4-2-1-3-5-19/h6-11,16,19H,1-5,12-15H2,(H,23,27)(H,24,28). The van der Waals surface area contributed by atoms with E-state index in [0.717, 1.165) is 37.9 Å². The van der Waals surface area contributed by atoms with Crippen molar-refractivity contribution in [3.8, 4) is 0 Å². The summed E-state index contributed by atoms with van der Waals surface area (Å²) in [5, 5.41) is 2.87. The van der Waals surface area contributed by atoms with Crippen LogP contribution >= 0.6 is 0 Å². The predicted molar refractivity (Wildman–Crippen MR) is 112 cm³/mol. The average Bonchev–Trinajstić information content (AvgIpc) is 2.75. The molecule has 1 aromatic carbocycles. The Bertz CT molecular complexity index is 827. The number of aromatic nitrogens is 1. The van der Waals surface area contributed by atoms with Crippen LogP contribution in [0.5, 0.6) is 0 Å². The fourth-order valence-corrected chi connectivity index (χ4v) is 4.30. The van der Waals surface area contributed by atoms with E-state index in [0.29, 0.717) is 5.56 Å². The number of amides is 1. The molecule has 2 aromatic rings. The molecule has 1 aromatic heterocycles. The monoisotopic (exact) mass is 380 g/mol. The van der Waals surface area contributed by atoms with Crippen LogP contribution in [-0.2, 0) is 0 Å². The van der Waals surface area contributed by atoms with Crippen LogP contribution in [0.1, 0.15) is 42.5 Å². The summed E-state index contributed by atoms with van der Waals surface area (Å²) in [5.41, 5.74) is 2.16. The van der Waals surface area contributed by atoms with Crippen molar-refractivity contribution in [3.63, 3.8) is 0 Å². The summed E-state index contributed by atoms with van der Waals surface area (Å²) in [7, 11) is 0. The first-order valence-corrected chi connectivity index (χ1v) is 10.3. The fourth-order valence-electron chi connectivity index (χ4n) is 4.30. The van der Waals surface area contributed by atoms with Crippen LogP contribution in [0.3, 0.4) is 0 Å². The summed E-state index contributed by atoms with van der Waals surface area (Å²) in [6.07, 6.45) is 8.33. The van der Waals surface area contributed by atoms with Crippen LogP contribution in [-0.4, -0.2) is 48.0 Å². The Hall–Kier alpha value is -2.60. The maximum absolute atomic E-state index is 12.2. The number of nitrogens with zero attached hydrogens (tertiary/aromatic N) is 2. The van der Waals surface area contributed by atoms with E-state index in [1.165, 1.54) is 56.1 Å². The van der Waals surface area contributed by atoms with Crippen LogP contribution in [0, 0.1) is 0 Å². The maximum atomic E-state index is 12.2. The SMILES string of the molecule is O=C(Nc1ccc(N2CCN(C3CCCCC3)CC2)cc1)c1ccc(=O)[nH]c1. The Balaban J connectivity index is 1.31. The second kappa shape index (κ2) is 8.61. The van der Waals surface area contributed by atoms with Crippen molar-refractivity contribution in [2.75, 3.05) is 36.4 Å². The lowest BCUT2D eigenvalue weighted by atomic mass is 9.94. The van der Waals surface area contributed by atoms with Crippen molar-refractivity contribution in [3.05, 3.63) is 58.5 Å². The highest BCUT2D eigenvalue weighted by atomic mass is 16.1. The lowest BCUT2D eigenvalue weighted by Crippen LogP contribution is -2.50. The number of benzene rings is 1. The minimum atomic E-state index is -0.231. The molecule has 0 atom stereocenters. The lowest BCUT2D eigenvalue weighted by molar-refractivity contribution is 0.102. The Morgan fingerprint density at radius 3 is 2.29 bits per heavy atom. The first kappa shape index (κ1) is 18.7. The number of anilines is 2. The Labute approximate surface area is 165 Å². The van der Waals surface area contributed by atoms with Gasteiger partial charge in [-0.15, -0.1) is 0 Å². The Morgan fingerprint density at radius 1 is 0.929 bits per heavy atom. The van der Waals surface area contributed by atoms with Gasteiger partial charge in [0.05, 0.1) is 5.56 Å². The van der Waals surface area contributed by atoms with E-state index < -0.39 is 0 Å². The largest absolute Gasteiger partial charge is 0.369 e. The first-order chi connectivity index (χ1) is 13.7. The van der Waals surface area contributed by atoms with Gasteiger partial charge >= 0.3 is 0 Å². The molecule has 1 amide bonds. The minimum absolute atomic E-state index is 0.218. The number of piperazine rings is 1. The van der Waals surface area contributed by atoms with Gasteiger partial charge in [0.1, 0.15) is 0 Å². The van der Waals surface area contributed by atoms with Gasteiger partial charge in [-0.05, 0) is 43.2 Å². The molecule has 0 radical (unpaired) electrons. The van der Waals surface area contributed by atoms with Gasteiger partial charge in [-0.3, -0.25) is 14.5 Å². The van der Waals surface area contributed by atoms with E-state index in [2.05, 4.69) is 32.2 Å². The molecule has 1 saturated carbocycles. The fraction of sp³-hybridized carbons (Fsp3) is 0.455. The summed E-state index contributed by atoms with van der Waals surface area (Å²) >= 11 is 0. The molecule has 6 nitrogen and oxygen atoms in total. The van der Waals surface area contributed by atoms with Crippen LogP contribution in [0.2, 0.25) is 0 Å². The molecular formula is C22H28N4O2. The molecule has 148 valence electrons. The summed E-state index contributed by atoms with van der Waals surface area (Å²) < 4.78 is 0. The summed E-state index contributed by atoms with van der Waals surface area (Å²) in [6.45, 7) is 4.38. The summed E-state index contributed by atoms with van der Waals surface area (Å²) in [6, 6.07) is 11.7. The zero-order valence-electron chi connectivity index (χ0n) is 16.2. The van der Waals surface area contributed by atoms with Crippen molar-refractivity contribution >= 4 is 17.3 Å². The van der Waals surface area contributed by atoms with E-state index in [4.69, 9.17) is 0 Å². The Kier molecular flexibility index (Phi) is 5.76. The molecule has 2 heterocycles.